The Morgan fingerprint density at radius 3 is 1.96 bits per heavy atom. The monoisotopic (exact) mass is 483 g/mol. The molecule has 0 bridgehead atoms. The molecule has 0 aromatic carbocycles. The second-order valence-corrected chi connectivity index (χ2v) is 8.12. The maximum Gasteiger partial charge on any atom is 0.410 e. The average molecular weight is 483 g/mol. The maximum absolute atomic E-state index is 12.1. The molecular weight excluding hydrogens is 445 g/mol. The number of amides is 1. The Morgan fingerprint density at radius 2 is 1.54 bits per heavy atom. The van der Waals surface area contributed by atoms with Crippen molar-refractivity contribution in [1.82, 2.24) is 14.7 Å². The molecule has 0 spiro atoms. The minimum absolute atomic E-state index is 0. The van der Waals surface area contributed by atoms with Crippen molar-refractivity contribution >= 4 is 36.0 Å². The zero-order valence-corrected chi connectivity index (χ0v) is 19.8. The highest BCUT2D eigenvalue weighted by Crippen LogP contribution is 2.12. The van der Waals surface area contributed by atoms with Gasteiger partial charge in [-0.25, -0.2) is 4.79 Å². The third-order valence-electron chi connectivity index (χ3n) is 4.21. The van der Waals surface area contributed by atoms with E-state index in [1.54, 1.807) is 4.90 Å². The number of hydrogen-bond donors (Lipinski definition) is 1. The van der Waals surface area contributed by atoms with Crippen molar-refractivity contribution in [3.8, 4) is 0 Å². The van der Waals surface area contributed by atoms with Crippen LogP contribution in [0.3, 0.4) is 0 Å². The molecule has 1 aliphatic heterocycles. The lowest BCUT2D eigenvalue weighted by atomic mass is 10.2. The van der Waals surface area contributed by atoms with Crippen molar-refractivity contribution in [2.24, 2.45) is 10.7 Å². The summed E-state index contributed by atoms with van der Waals surface area (Å²) in [5.74, 6) is 0.566. The van der Waals surface area contributed by atoms with Gasteiger partial charge in [0.1, 0.15) is 5.60 Å². The summed E-state index contributed by atoms with van der Waals surface area (Å²) < 4.78 is 5.41. The number of carbonyl (C=O) groups excluding carboxylic acids is 1. The molecule has 0 unspecified atom stereocenters. The van der Waals surface area contributed by atoms with Gasteiger partial charge in [0.15, 0.2) is 5.96 Å². The summed E-state index contributed by atoms with van der Waals surface area (Å²) in [6.07, 6.45) is -0.257. The van der Waals surface area contributed by atoms with Gasteiger partial charge in [-0.05, 0) is 48.5 Å². The first-order valence-corrected chi connectivity index (χ1v) is 9.30. The summed E-state index contributed by atoms with van der Waals surface area (Å²) in [5, 5.41) is 0. The predicted octanol–water partition coefficient (Wildman–Crippen LogP) is 2.59. The number of piperazine rings is 1. The Hall–Kier alpha value is -0.770. The molecule has 26 heavy (non-hydrogen) atoms. The van der Waals surface area contributed by atoms with Crippen LogP contribution in [0.2, 0.25) is 0 Å². The lowest BCUT2D eigenvalue weighted by Crippen LogP contribution is -2.53. The lowest BCUT2D eigenvalue weighted by Gasteiger charge is -2.36. The van der Waals surface area contributed by atoms with Crippen molar-refractivity contribution in [3.63, 3.8) is 0 Å². The maximum atomic E-state index is 12.1. The minimum Gasteiger partial charge on any atom is -0.444 e. The van der Waals surface area contributed by atoms with E-state index >= 15 is 0 Å². The molecule has 7 nitrogen and oxygen atoms in total. The Morgan fingerprint density at radius 1 is 1.08 bits per heavy atom. The van der Waals surface area contributed by atoms with Crippen molar-refractivity contribution in [1.29, 1.82) is 0 Å². The molecule has 1 fully saturated rings. The van der Waals surface area contributed by atoms with Crippen LogP contribution in [0.5, 0.6) is 0 Å². The smallest absolute Gasteiger partial charge is 0.410 e. The standard InChI is InChI=1S/C18H37N5O2.HI/c1-14(2)23(15(3)4)9-8-20-16(19)21-10-12-22(13-11-21)17(24)25-18(5,6)7;/h14-15H,8-13H2,1-7H3,(H2,19,20);1H. The molecule has 0 saturated carbocycles. The molecule has 1 rings (SSSR count). The highest BCUT2D eigenvalue weighted by Gasteiger charge is 2.26. The van der Waals surface area contributed by atoms with Crippen molar-refractivity contribution < 1.29 is 9.53 Å². The molecule has 0 aromatic rings. The molecule has 1 heterocycles. The van der Waals surface area contributed by atoms with Crippen LogP contribution in [0.4, 0.5) is 4.79 Å². The van der Waals surface area contributed by atoms with Gasteiger partial charge in [-0.2, -0.15) is 0 Å². The fourth-order valence-electron chi connectivity index (χ4n) is 2.94. The number of nitrogens with two attached hydrogens (primary N) is 1. The first kappa shape index (κ1) is 25.2. The number of ether oxygens (including phenoxy) is 1. The van der Waals surface area contributed by atoms with E-state index < -0.39 is 5.60 Å². The lowest BCUT2D eigenvalue weighted by molar-refractivity contribution is 0.0186. The third kappa shape index (κ3) is 8.75. The average Bonchev–Trinajstić information content (AvgIpc) is 2.49. The highest BCUT2D eigenvalue weighted by atomic mass is 127. The highest BCUT2D eigenvalue weighted by molar-refractivity contribution is 14.0. The first-order chi connectivity index (χ1) is 11.5. The number of guanidine groups is 1. The number of aliphatic imine (C=N–C) groups is 1. The summed E-state index contributed by atoms with van der Waals surface area (Å²) in [4.78, 5) is 22.8. The number of halogens is 1. The van der Waals surface area contributed by atoms with E-state index in [1.807, 2.05) is 25.7 Å². The number of hydrogen-bond acceptors (Lipinski definition) is 4. The summed E-state index contributed by atoms with van der Waals surface area (Å²) in [6, 6.07) is 0.989. The quantitative estimate of drug-likeness (QED) is 0.370. The largest absolute Gasteiger partial charge is 0.444 e. The van der Waals surface area contributed by atoms with Crippen LogP contribution in [-0.4, -0.2) is 83.7 Å². The SMILES string of the molecule is CC(C)N(CCN=C(N)N1CCN(C(=O)OC(C)(C)C)CC1)C(C)C.I. The van der Waals surface area contributed by atoms with Gasteiger partial charge in [0.05, 0.1) is 6.54 Å². The molecule has 0 aromatic heterocycles. The van der Waals surface area contributed by atoms with Gasteiger partial charge in [0.25, 0.3) is 0 Å². The van der Waals surface area contributed by atoms with E-state index in [1.165, 1.54) is 0 Å². The molecule has 8 heteroatoms. The minimum atomic E-state index is -0.465. The molecular formula is C18H38IN5O2. The number of rotatable bonds is 5. The number of nitrogens with zero attached hydrogens (tertiary/aromatic N) is 4. The van der Waals surface area contributed by atoms with E-state index in [4.69, 9.17) is 10.5 Å². The van der Waals surface area contributed by atoms with Crippen molar-refractivity contribution in [3.05, 3.63) is 0 Å². The summed E-state index contributed by atoms with van der Waals surface area (Å²) in [7, 11) is 0. The van der Waals surface area contributed by atoms with Gasteiger partial charge in [-0.1, -0.05) is 0 Å². The molecule has 1 amide bonds. The van der Waals surface area contributed by atoms with Crippen molar-refractivity contribution in [2.75, 3.05) is 39.3 Å². The predicted molar refractivity (Wildman–Crippen MR) is 118 cm³/mol. The van der Waals surface area contributed by atoms with Gasteiger partial charge in [-0.3, -0.25) is 9.89 Å². The zero-order valence-electron chi connectivity index (χ0n) is 17.5. The van der Waals surface area contributed by atoms with E-state index in [2.05, 4.69) is 37.6 Å². The molecule has 154 valence electrons. The van der Waals surface area contributed by atoms with Crippen LogP contribution >= 0.6 is 24.0 Å². The van der Waals surface area contributed by atoms with Gasteiger partial charge in [0.2, 0.25) is 0 Å². The van der Waals surface area contributed by atoms with E-state index in [9.17, 15) is 4.79 Å². The van der Waals surface area contributed by atoms with E-state index in [-0.39, 0.29) is 30.1 Å². The van der Waals surface area contributed by atoms with Crippen LogP contribution in [0.15, 0.2) is 4.99 Å². The summed E-state index contributed by atoms with van der Waals surface area (Å²) in [6.45, 7) is 18.6. The zero-order chi connectivity index (χ0) is 19.2. The van der Waals surface area contributed by atoms with Gasteiger partial charge in [-0.15, -0.1) is 24.0 Å². The van der Waals surface area contributed by atoms with Crippen molar-refractivity contribution in [2.45, 2.75) is 66.2 Å². The molecule has 2 N–H and O–H groups in total. The van der Waals surface area contributed by atoms with Gasteiger partial charge >= 0.3 is 6.09 Å². The molecule has 1 aliphatic rings. The molecule has 0 aliphatic carbocycles. The second kappa shape index (κ2) is 11.2. The van der Waals surface area contributed by atoms with Crippen LogP contribution in [-0.2, 0) is 4.74 Å². The summed E-state index contributed by atoms with van der Waals surface area (Å²) in [5.41, 5.74) is 5.67. The first-order valence-electron chi connectivity index (χ1n) is 9.30. The summed E-state index contributed by atoms with van der Waals surface area (Å²) >= 11 is 0. The normalized spacial score (nSPS) is 16.3. The molecule has 0 radical (unpaired) electrons. The Bertz CT molecular complexity index is 447. The van der Waals surface area contributed by atoms with Crippen LogP contribution in [0.25, 0.3) is 0 Å². The fourth-order valence-corrected chi connectivity index (χ4v) is 2.94. The Kier molecular flexibility index (Phi) is 10.8. The second-order valence-electron chi connectivity index (χ2n) is 8.12. The van der Waals surface area contributed by atoms with Crippen LogP contribution < -0.4 is 5.73 Å². The topological polar surface area (TPSA) is 74.4 Å². The number of carbonyl (C=O) groups is 1. The van der Waals surface area contributed by atoms with E-state index in [0.717, 1.165) is 6.54 Å². The fraction of sp³-hybridized carbons (Fsp3) is 0.889. The van der Waals surface area contributed by atoms with Crippen LogP contribution in [0.1, 0.15) is 48.5 Å². The van der Waals surface area contributed by atoms with Gasteiger partial charge in [0, 0.05) is 44.8 Å². The van der Waals surface area contributed by atoms with Crippen LogP contribution in [0, 0.1) is 0 Å². The van der Waals surface area contributed by atoms with Gasteiger partial charge < -0.3 is 20.3 Å². The Labute approximate surface area is 176 Å². The molecule has 0 atom stereocenters. The molecule has 1 saturated heterocycles. The third-order valence-corrected chi connectivity index (χ3v) is 4.21. The Balaban J connectivity index is 0.00000625. The van der Waals surface area contributed by atoms with E-state index in [0.29, 0.717) is 50.8 Å².